The topological polar surface area (TPSA) is 26.3 Å². The van der Waals surface area contributed by atoms with Gasteiger partial charge in [-0.05, 0) is 31.2 Å². The number of alkyl halides is 1. The second kappa shape index (κ2) is 8.15. The summed E-state index contributed by atoms with van der Waals surface area (Å²) in [6, 6.07) is 10.3. The van der Waals surface area contributed by atoms with Gasteiger partial charge in [0.25, 0.3) is 0 Å². The largest absolute Gasteiger partial charge is 0.466 e. The Morgan fingerprint density at radius 1 is 1.33 bits per heavy atom. The van der Waals surface area contributed by atoms with Gasteiger partial charge < -0.3 is 4.74 Å². The minimum absolute atomic E-state index is 0.0182. The van der Waals surface area contributed by atoms with E-state index in [1.807, 2.05) is 25.1 Å². The summed E-state index contributed by atoms with van der Waals surface area (Å²) in [5, 5.41) is 0.0182. The third-order valence-corrected chi connectivity index (χ3v) is 3.34. The number of halogens is 1. The molecule has 3 heteroatoms. The summed E-state index contributed by atoms with van der Waals surface area (Å²) >= 11 is 6.26. The molecule has 0 N–H and O–H groups in total. The number of ether oxygens (including phenoxy) is 1. The molecule has 1 aromatic carbocycles. The molecule has 0 saturated heterocycles. The number of hydrogen-bond donors (Lipinski definition) is 0. The third kappa shape index (κ3) is 5.54. The Kier molecular flexibility index (Phi) is 6.81. The molecule has 18 heavy (non-hydrogen) atoms. The van der Waals surface area contributed by atoms with E-state index in [1.54, 1.807) is 0 Å². The monoisotopic (exact) mass is 268 g/mol. The predicted molar refractivity (Wildman–Crippen MR) is 75.0 cm³/mol. The van der Waals surface area contributed by atoms with Gasteiger partial charge in [0.05, 0.1) is 6.61 Å². The van der Waals surface area contributed by atoms with Gasteiger partial charge in [-0.25, -0.2) is 0 Å². The second-order valence-corrected chi connectivity index (χ2v) is 5.11. The molecule has 0 saturated carbocycles. The number of rotatable bonds is 7. The molecule has 0 amide bonds. The summed E-state index contributed by atoms with van der Waals surface area (Å²) in [5.41, 5.74) is 1.29. The lowest BCUT2D eigenvalue weighted by molar-refractivity contribution is -0.143. The Labute approximate surface area is 114 Å². The smallest absolute Gasteiger partial charge is 0.305 e. The molecule has 0 aliphatic rings. The van der Waals surface area contributed by atoms with Crippen molar-refractivity contribution in [1.29, 1.82) is 0 Å². The average Bonchev–Trinajstić information content (AvgIpc) is 2.38. The van der Waals surface area contributed by atoms with Crippen LogP contribution in [0.15, 0.2) is 30.3 Å². The van der Waals surface area contributed by atoms with Crippen LogP contribution in [0.2, 0.25) is 0 Å². The molecule has 0 bridgehead atoms. The molecular weight excluding hydrogens is 248 g/mol. The van der Waals surface area contributed by atoms with Gasteiger partial charge in [0.15, 0.2) is 0 Å². The van der Waals surface area contributed by atoms with E-state index >= 15 is 0 Å². The van der Waals surface area contributed by atoms with Crippen LogP contribution < -0.4 is 0 Å². The normalized spacial score (nSPS) is 13.9. The Morgan fingerprint density at radius 2 is 2.00 bits per heavy atom. The zero-order valence-corrected chi connectivity index (χ0v) is 11.8. The Morgan fingerprint density at radius 3 is 2.61 bits per heavy atom. The molecule has 0 aliphatic carbocycles. The van der Waals surface area contributed by atoms with Crippen LogP contribution in [0.25, 0.3) is 0 Å². The highest BCUT2D eigenvalue weighted by atomic mass is 35.5. The molecule has 0 fully saturated rings. The van der Waals surface area contributed by atoms with Crippen molar-refractivity contribution in [1.82, 2.24) is 0 Å². The number of hydrogen-bond acceptors (Lipinski definition) is 2. The van der Waals surface area contributed by atoms with Crippen molar-refractivity contribution in [3.05, 3.63) is 35.9 Å². The van der Waals surface area contributed by atoms with E-state index in [-0.39, 0.29) is 11.3 Å². The lowest BCUT2D eigenvalue weighted by atomic mass is 9.95. The van der Waals surface area contributed by atoms with Crippen LogP contribution >= 0.6 is 11.6 Å². The maximum Gasteiger partial charge on any atom is 0.305 e. The summed E-state index contributed by atoms with van der Waals surface area (Å²) in [6.45, 7) is 4.41. The number of carbonyl (C=O) groups is 1. The highest BCUT2D eigenvalue weighted by Crippen LogP contribution is 2.24. The third-order valence-electron chi connectivity index (χ3n) is 2.94. The van der Waals surface area contributed by atoms with Gasteiger partial charge in [-0.1, -0.05) is 37.3 Å². The van der Waals surface area contributed by atoms with E-state index < -0.39 is 0 Å². The SMILES string of the molecule is CCOC(=O)CCC(Cl)CC(C)c1ccccc1. The van der Waals surface area contributed by atoms with Crippen LogP contribution in [0, 0.1) is 0 Å². The molecule has 2 nitrogen and oxygen atoms in total. The van der Waals surface area contributed by atoms with Gasteiger partial charge in [0.2, 0.25) is 0 Å². The van der Waals surface area contributed by atoms with Gasteiger partial charge in [0, 0.05) is 11.8 Å². The Hall–Kier alpha value is -1.02. The quantitative estimate of drug-likeness (QED) is 0.549. The number of carbonyl (C=O) groups excluding carboxylic acids is 1. The van der Waals surface area contributed by atoms with Gasteiger partial charge in [0.1, 0.15) is 0 Å². The molecular formula is C15H21ClO2. The first-order valence-electron chi connectivity index (χ1n) is 6.48. The molecule has 1 aromatic rings. The predicted octanol–water partition coefficient (Wildman–Crippen LogP) is 4.13. The minimum atomic E-state index is -0.157. The van der Waals surface area contributed by atoms with Crippen LogP contribution in [-0.2, 0) is 9.53 Å². The van der Waals surface area contributed by atoms with Crippen LogP contribution in [0.1, 0.15) is 44.6 Å². The Bertz CT molecular complexity index is 351. The van der Waals surface area contributed by atoms with Gasteiger partial charge in [-0.2, -0.15) is 0 Å². The van der Waals surface area contributed by atoms with Crippen molar-refractivity contribution in [3.8, 4) is 0 Å². The zero-order valence-electron chi connectivity index (χ0n) is 11.1. The van der Waals surface area contributed by atoms with Crippen molar-refractivity contribution < 1.29 is 9.53 Å². The first-order chi connectivity index (χ1) is 8.63. The van der Waals surface area contributed by atoms with Crippen molar-refractivity contribution in [2.75, 3.05) is 6.61 Å². The maximum absolute atomic E-state index is 11.2. The summed E-state index contributed by atoms with van der Waals surface area (Å²) in [7, 11) is 0. The lowest BCUT2D eigenvalue weighted by Crippen LogP contribution is -2.10. The molecule has 2 atom stereocenters. The summed E-state index contributed by atoms with van der Waals surface area (Å²) in [5.74, 6) is 0.256. The molecule has 1 rings (SSSR count). The van der Waals surface area contributed by atoms with Crippen LogP contribution in [0.3, 0.4) is 0 Å². The fourth-order valence-corrected chi connectivity index (χ4v) is 2.30. The van der Waals surface area contributed by atoms with E-state index in [4.69, 9.17) is 16.3 Å². The summed E-state index contributed by atoms with van der Waals surface area (Å²) in [4.78, 5) is 11.2. The molecule has 0 radical (unpaired) electrons. The van der Waals surface area contributed by atoms with E-state index in [0.29, 0.717) is 25.4 Å². The van der Waals surface area contributed by atoms with E-state index in [9.17, 15) is 4.79 Å². The molecule has 0 aliphatic heterocycles. The van der Waals surface area contributed by atoms with Gasteiger partial charge >= 0.3 is 5.97 Å². The van der Waals surface area contributed by atoms with Crippen molar-refractivity contribution in [2.45, 2.75) is 44.4 Å². The summed E-state index contributed by atoms with van der Waals surface area (Å²) in [6.07, 6.45) is 1.96. The van der Waals surface area contributed by atoms with E-state index in [1.165, 1.54) is 5.56 Å². The van der Waals surface area contributed by atoms with Gasteiger partial charge in [-0.15, -0.1) is 11.6 Å². The number of benzene rings is 1. The molecule has 0 spiro atoms. The standard InChI is InChI=1S/C15H21ClO2/c1-3-18-15(17)10-9-14(16)11-12(2)13-7-5-4-6-8-13/h4-8,12,14H,3,9-11H2,1-2H3. The van der Waals surface area contributed by atoms with Crippen LogP contribution in [0.5, 0.6) is 0 Å². The summed E-state index contributed by atoms with van der Waals surface area (Å²) < 4.78 is 4.88. The zero-order chi connectivity index (χ0) is 13.4. The fourth-order valence-electron chi connectivity index (χ4n) is 1.93. The van der Waals surface area contributed by atoms with Crippen molar-refractivity contribution in [2.24, 2.45) is 0 Å². The van der Waals surface area contributed by atoms with Crippen molar-refractivity contribution in [3.63, 3.8) is 0 Å². The second-order valence-electron chi connectivity index (χ2n) is 4.49. The maximum atomic E-state index is 11.2. The first kappa shape index (κ1) is 15.0. The number of esters is 1. The highest BCUT2D eigenvalue weighted by molar-refractivity contribution is 6.20. The van der Waals surface area contributed by atoms with E-state index in [0.717, 1.165) is 6.42 Å². The first-order valence-corrected chi connectivity index (χ1v) is 6.91. The Balaban J connectivity index is 2.32. The minimum Gasteiger partial charge on any atom is -0.466 e. The molecule has 0 aromatic heterocycles. The molecule has 0 heterocycles. The van der Waals surface area contributed by atoms with Crippen LogP contribution in [0.4, 0.5) is 0 Å². The molecule has 100 valence electrons. The van der Waals surface area contributed by atoms with Gasteiger partial charge in [-0.3, -0.25) is 4.79 Å². The van der Waals surface area contributed by atoms with Crippen molar-refractivity contribution >= 4 is 17.6 Å². The average molecular weight is 269 g/mol. The van der Waals surface area contributed by atoms with E-state index in [2.05, 4.69) is 19.1 Å². The molecule has 2 unspecified atom stereocenters. The fraction of sp³-hybridized carbons (Fsp3) is 0.533. The highest BCUT2D eigenvalue weighted by Gasteiger charge is 2.14. The van der Waals surface area contributed by atoms with Crippen LogP contribution in [-0.4, -0.2) is 18.0 Å². The lowest BCUT2D eigenvalue weighted by Gasteiger charge is -2.15.